The highest BCUT2D eigenvalue weighted by Gasteiger charge is 2.06. The molecule has 0 saturated heterocycles. The van der Waals surface area contributed by atoms with Gasteiger partial charge >= 0.3 is 0 Å². The van der Waals surface area contributed by atoms with Crippen molar-refractivity contribution < 1.29 is 9.15 Å². The fourth-order valence-electron chi connectivity index (χ4n) is 1.88. The Morgan fingerprint density at radius 2 is 1.81 bits per heavy atom. The third kappa shape index (κ3) is 3.31. The zero-order chi connectivity index (χ0) is 14.7. The Labute approximate surface area is 130 Å². The van der Waals surface area contributed by atoms with Crippen molar-refractivity contribution in [1.29, 1.82) is 0 Å². The summed E-state index contributed by atoms with van der Waals surface area (Å²) in [6.07, 6.45) is 0. The van der Waals surface area contributed by atoms with Crippen LogP contribution in [-0.2, 0) is 6.61 Å². The number of hydrogen-bond acceptors (Lipinski definition) is 4. The maximum Gasteiger partial charge on any atom is 0.247 e. The largest absolute Gasteiger partial charge is 0.488 e. The second-order valence-electron chi connectivity index (χ2n) is 4.54. The van der Waals surface area contributed by atoms with E-state index in [0.29, 0.717) is 18.4 Å². The van der Waals surface area contributed by atoms with Crippen LogP contribution in [-0.4, -0.2) is 10.2 Å². The zero-order valence-electron chi connectivity index (χ0n) is 11.4. The number of aryl methyl sites for hydroxylation is 1. The van der Waals surface area contributed by atoms with Gasteiger partial charge in [-0.15, -0.1) is 10.2 Å². The van der Waals surface area contributed by atoms with Gasteiger partial charge in [0, 0.05) is 12.5 Å². The summed E-state index contributed by atoms with van der Waals surface area (Å²) < 4.78 is 12.1. The van der Waals surface area contributed by atoms with Crippen LogP contribution in [0.1, 0.15) is 11.5 Å². The molecule has 0 saturated carbocycles. The average Bonchev–Trinajstić information content (AvgIpc) is 2.94. The molecular weight excluding hydrogens is 332 g/mol. The summed E-state index contributed by atoms with van der Waals surface area (Å²) in [7, 11) is 0. The monoisotopic (exact) mass is 344 g/mol. The molecule has 5 heteroatoms. The van der Waals surface area contributed by atoms with Crippen LogP contribution in [0, 0.1) is 6.92 Å². The van der Waals surface area contributed by atoms with E-state index in [0.717, 1.165) is 21.3 Å². The molecule has 0 bridgehead atoms. The van der Waals surface area contributed by atoms with Crippen LogP contribution in [0.2, 0.25) is 0 Å². The van der Waals surface area contributed by atoms with Crippen LogP contribution >= 0.6 is 15.9 Å². The molecule has 3 aromatic rings. The van der Waals surface area contributed by atoms with Crippen molar-refractivity contribution >= 4 is 15.9 Å². The smallest absolute Gasteiger partial charge is 0.247 e. The first-order valence-corrected chi connectivity index (χ1v) is 7.28. The molecule has 0 fully saturated rings. The second-order valence-corrected chi connectivity index (χ2v) is 5.40. The lowest BCUT2D eigenvalue weighted by molar-refractivity contribution is 0.304. The van der Waals surface area contributed by atoms with E-state index in [1.807, 2.05) is 48.5 Å². The number of nitrogens with zero attached hydrogens (tertiary/aromatic N) is 2. The Kier molecular flexibility index (Phi) is 4.01. The molecule has 0 radical (unpaired) electrons. The van der Waals surface area contributed by atoms with Crippen molar-refractivity contribution in [3.8, 4) is 17.2 Å². The van der Waals surface area contributed by atoms with Gasteiger partial charge in [0.25, 0.3) is 0 Å². The van der Waals surface area contributed by atoms with Crippen LogP contribution in [0.15, 0.2) is 57.4 Å². The minimum absolute atomic E-state index is 0.506. The molecule has 1 aromatic heterocycles. The summed E-state index contributed by atoms with van der Waals surface area (Å²) in [5.41, 5.74) is 1.98. The highest BCUT2D eigenvalue weighted by Crippen LogP contribution is 2.25. The molecule has 0 aliphatic heterocycles. The van der Waals surface area contributed by atoms with Gasteiger partial charge in [0.05, 0.1) is 4.47 Å². The molecule has 0 N–H and O–H groups in total. The van der Waals surface area contributed by atoms with E-state index in [-0.39, 0.29) is 0 Å². The van der Waals surface area contributed by atoms with Gasteiger partial charge in [-0.3, -0.25) is 0 Å². The number of rotatable bonds is 4. The minimum Gasteiger partial charge on any atom is -0.488 e. The van der Waals surface area contributed by atoms with E-state index in [1.165, 1.54) is 0 Å². The van der Waals surface area contributed by atoms with Crippen LogP contribution < -0.4 is 4.74 Å². The SMILES string of the molecule is Cc1nnc(-c2ccc(COc3ccccc3Br)cc2)o1. The molecule has 0 atom stereocenters. The van der Waals surface area contributed by atoms with Gasteiger partial charge in [-0.05, 0) is 45.8 Å². The molecule has 0 aliphatic carbocycles. The standard InChI is InChI=1S/C16H13BrN2O2/c1-11-18-19-16(21-11)13-8-6-12(7-9-13)10-20-15-5-3-2-4-14(15)17/h2-9H,10H2,1H3. The van der Waals surface area contributed by atoms with E-state index in [1.54, 1.807) is 6.92 Å². The van der Waals surface area contributed by atoms with E-state index in [4.69, 9.17) is 9.15 Å². The lowest BCUT2D eigenvalue weighted by Gasteiger charge is -2.08. The third-order valence-electron chi connectivity index (χ3n) is 2.96. The van der Waals surface area contributed by atoms with Gasteiger partial charge in [0.15, 0.2) is 0 Å². The zero-order valence-corrected chi connectivity index (χ0v) is 13.0. The fourth-order valence-corrected chi connectivity index (χ4v) is 2.28. The Hall–Kier alpha value is -2.14. The van der Waals surface area contributed by atoms with E-state index >= 15 is 0 Å². The first-order chi connectivity index (χ1) is 10.2. The van der Waals surface area contributed by atoms with Crippen LogP contribution in [0.3, 0.4) is 0 Å². The molecule has 2 aromatic carbocycles. The van der Waals surface area contributed by atoms with Crippen molar-refractivity contribution in [2.24, 2.45) is 0 Å². The van der Waals surface area contributed by atoms with Crippen molar-refractivity contribution in [1.82, 2.24) is 10.2 Å². The lowest BCUT2D eigenvalue weighted by atomic mass is 10.1. The maximum atomic E-state index is 5.77. The minimum atomic E-state index is 0.506. The van der Waals surface area contributed by atoms with Gasteiger partial charge < -0.3 is 9.15 Å². The number of benzene rings is 2. The summed E-state index contributed by atoms with van der Waals surface area (Å²) in [6.45, 7) is 2.28. The predicted octanol–water partition coefficient (Wildman–Crippen LogP) is 4.39. The molecule has 106 valence electrons. The molecule has 4 nitrogen and oxygen atoms in total. The maximum absolute atomic E-state index is 5.77. The summed E-state index contributed by atoms with van der Waals surface area (Å²) in [4.78, 5) is 0. The van der Waals surface area contributed by atoms with Gasteiger partial charge in [-0.25, -0.2) is 0 Å². The average molecular weight is 345 g/mol. The Morgan fingerprint density at radius 1 is 1.05 bits per heavy atom. The van der Waals surface area contributed by atoms with Crippen molar-refractivity contribution in [2.45, 2.75) is 13.5 Å². The third-order valence-corrected chi connectivity index (χ3v) is 3.61. The summed E-state index contributed by atoms with van der Waals surface area (Å²) in [5, 5.41) is 7.82. The topological polar surface area (TPSA) is 48.2 Å². The van der Waals surface area contributed by atoms with E-state index in [9.17, 15) is 0 Å². The number of para-hydroxylation sites is 1. The Bertz CT molecular complexity index is 738. The quantitative estimate of drug-likeness (QED) is 0.704. The molecule has 0 aliphatic rings. The summed E-state index contributed by atoms with van der Waals surface area (Å²) in [6, 6.07) is 15.7. The van der Waals surface area contributed by atoms with Crippen LogP contribution in [0.25, 0.3) is 11.5 Å². The summed E-state index contributed by atoms with van der Waals surface area (Å²) >= 11 is 3.46. The predicted molar refractivity (Wildman–Crippen MR) is 82.9 cm³/mol. The fraction of sp³-hybridized carbons (Fsp3) is 0.125. The molecule has 0 amide bonds. The molecule has 3 rings (SSSR count). The molecule has 21 heavy (non-hydrogen) atoms. The highest BCUT2D eigenvalue weighted by atomic mass is 79.9. The second kappa shape index (κ2) is 6.10. The van der Waals surface area contributed by atoms with Crippen molar-refractivity contribution in [2.75, 3.05) is 0 Å². The van der Waals surface area contributed by atoms with Crippen LogP contribution in [0.5, 0.6) is 5.75 Å². The van der Waals surface area contributed by atoms with E-state index < -0.39 is 0 Å². The highest BCUT2D eigenvalue weighted by molar-refractivity contribution is 9.10. The molecular formula is C16H13BrN2O2. The Balaban J connectivity index is 1.69. The van der Waals surface area contributed by atoms with Crippen molar-refractivity contribution in [3.63, 3.8) is 0 Å². The number of ether oxygens (including phenoxy) is 1. The Morgan fingerprint density at radius 3 is 2.48 bits per heavy atom. The van der Waals surface area contributed by atoms with Gasteiger partial charge in [0.2, 0.25) is 11.8 Å². The van der Waals surface area contributed by atoms with Gasteiger partial charge in [0.1, 0.15) is 12.4 Å². The number of aromatic nitrogens is 2. The van der Waals surface area contributed by atoms with E-state index in [2.05, 4.69) is 26.1 Å². The molecule has 1 heterocycles. The first-order valence-electron chi connectivity index (χ1n) is 6.49. The van der Waals surface area contributed by atoms with Gasteiger partial charge in [-0.2, -0.15) is 0 Å². The number of hydrogen-bond donors (Lipinski definition) is 0. The van der Waals surface area contributed by atoms with Gasteiger partial charge in [-0.1, -0.05) is 24.3 Å². The lowest BCUT2D eigenvalue weighted by Crippen LogP contribution is -1.95. The molecule has 0 unspecified atom stereocenters. The number of halogens is 1. The molecule has 0 spiro atoms. The van der Waals surface area contributed by atoms with Crippen molar-refractivity contribution in [3.05, 3.63) is 64.5 Å². The summed E-state index contributed by atoms with van der Waals surface area (Å²) in [5.74, 6) is 1.92. The van der Waals surface area contributed by atoms with Crippen LogP contribution in [0.4, 0.5) is 0 Å². The first kappa shape index (κ1) is 13.8. The normalized spacial score (nSPS) is 10.6.